The Morgan fingerprint density at radius 3 is 2.47 bits per heavy atom. The molecule has 1 nitrogen and oxygen atoms in total. The van der Waals surface area contributed by atoms with Crippen LogP contribution in [0.15, 0.2) is 30.3 Å². The summed E-state index contributed by atoms with van der Waals surface area (Å²) >= 11 is 0. The van der Waals surface area contributed by atoms with Crippen LogP contribution in [-0.4, -0.2) is 27.3 Å². The molecule has 1 saturated heterocycles. The minimum absolute atomic E-state index is 0.0681. The molecule has 1 fully saturated rings. The number of hydrogen-bond acceptors (Lipinski definition) is 1. The minimum atomic E-state index is -4.06. The molecule has 2 unspecified atom stereocenters. The van der Waals surface area contributed by atoms with Crippen molar-refractivity contribution in [1.29, 1.82) is 0 Å². The first-order valence-corrected chi connectivity index (χ1v) is 8.85. The van der Waals surface area contributed by atoms with Gasteiger partial charge in [-0.25, -0.2) is 0 Å². The van der Waals surface area contributed by atoms with E-state index in [9.17, 15) is 13.2 Å². The fourth-order valence-corrected chi connectivity index (χ4v) is 6.17. The topological polar surface area (TPSA) is 9.23 Å². The predicted molar refractivity (Wildman–Crippen MR) is 72.3 cm³/mol. The van der Waals surface area contributed by atoms with Gasteiger partial charge in [-0.3, -0.25) is 0 Å². The molecule has 1 aliphatic heterocycles. The summed E-state index contributed by atoms with van der Waals surface area (Å²) in [6.07, 6.45) is -1.71. The van der Waals surface area contributed by atoms with Crippen molar-refractivity contribution >= 4 is 14.0 Å². The third-order valence-electron chi connectivity index (χ3n) is 3.63. The van der Waals surface area contributed by atoms with Crippen LogP contribution in [0.4, 0.5) is 13.2 Å². The monoisotopic (exact) mass is 288 g/mol. The highest BCUT2D eigenvalue weighted by molar-refractivity contribution is 6.74. The lowest BCUT2D eigenvalue weighted by Gasteiger charge is -2.30. The van der Waals surface area contributed by atoms with E-state index in [0.717, 1.165) is 24.4 Å². The highest BCUT2D eigenvalue weighted by atomic mass is 28.3. The van der Waals surface area contributed by atoms with Gasteiger partial charge in [0.2, 0.25) is 0 Å². The molecule has 0 aliphatic carbocycles. The van der Waals surface area contributed by atoms with Gasteiger partial charge in [-0.2, -0.15) is 13.2 Å². The third-order valence-corrected chi connectivity index (χ3v) is 7.21. The number of benzene rings is 1. The lowest BCUT2D eigenvalue weighted by molar-refractivity contribution is -0.130. The standard InChI is InChI=1S/C14H19F3OSi/c15-14(16,17)9-11-19(12-6-2-1-3-7-12)13-8-4-5-10-18-13/h1-3,6-7,13,19H,4-5,8-11H2. The Labute approximate surface area is 113 Å². The van der Waals surface area contributed by atoms with E-state index in [1.165, 1.54) is 0 Å². The van der Waals surface area contributed by atoms with E-state index in [1.54, 1.807) is 0 Å². The SMILES string of the molecule is FC(F)(F)CC[SiH](c1ccccc1)C1CCCCO1. The van der Waals surface area contributed by atoms with Gasteiger partial charge in [-0.1, -0.05) is 35.5 Å². The maximum absolute atomic E-state index is 12.5. The highest BCUT2D eigenvalue weighted by Gasteiger charge is 2.33. The Kier molecular flexibility index (Phi) is 5.04. The van der Waals surface area contributed by atoms with Crippen LogP contribution in [0.3, 0.4) is 0 Å². The second kappa shape index (κ2) is 6.57. The molecule has 0 aromatic heterocycles. The quantitative estimate of drug-likeness (QED) is 0.773. The molecule has 0 spiro atoms. The molecular weight excluding hydrogens is 269 g/mol. The van der Waals surface area contributed by atoms with Crippen molar-refractivity contribution in [2.24, 2.45) is 0 Å². The smallest absolute Gasteiger partial charge is 0.382 e. The van der Waals surface area contributed by atoms with Crippen molar-refractivity contribution in [3.8, 4) is 0 Å². The molecule has 0 bridgehead atoms. The molecular formula is C14H19F3OSi. The molecule has 0 N–H and O–H groups in total. The fourth-order valence-electron chi connectivity index (χ4n) is 2.67. The number of halogens is 3. The second-order valence-corrected chi connectivity index (χ2v) is 8.28. The number of rotatable bonds is 4. The average molecular weight is 288 g/mol. The summed E-state index contributed by atoms with van der Waals surface area (Å²) < 4.78 is 43.2. The van der Waals surface area contributed by atoms with Crippen LogP contribution in [-0.2, 0) is 4.74 Å². The van der Waals surface area contributed by atoms with E-state index < -0.39 is 21.4 Å². The van der Waals surface area contributed by atoms with Crippen LogP contribution in [0.2, 0.25) is 6.04 Å². The summed E-state index contributed by atoms with van der Waals surface area (Å²) in [5, 5.41) is 1.10. The van der Waals surface area contributed by atoms with E-state index >= 15 is 0 Å². The zero-order valence-corrected chi connectivity index (χ0v) is 12.0. The van der Waals surface area contributed by atoms with Crippen molar-refractivity contribution < 1.29 is 17.9 Å². The summed E-state index contributed by atoms with van der Waals surface area (Å²) in [4.78, 5) is 0. The first kappa shape index (κ1) is 14.6. The van der Waals surface area contributed by atoms with Crippen LogP contribution in [0.5, 0.6) is 0 Å². The van der Waals surface area contributed by atoms with Gasteiger partial charge in [0.1, 0.15) is 8.80 Å². The molecule has 5 heteroatoms. The number of hydrogen-bond donors (Lipinski definition) is 0. The van der Waals surface area contributed by atoms with Gasteiger partial charge in [0.15, 0.2) is 0 Å². The zero-order chi connectivity index (χ0) is 13.7. The van der Waals surface area contributed by atoms with Crippen molar-refractivity contribution in [3.05, 3.63) is 30.3 Å². The fraction of sp³-hybridized carbons (Fsp3) is 0.571. The Balaban J connectivity index is 2.08. The van der Waals surface area contributed by atoms with E-state index in [-0.39, 0.29) is 11.8 Å². The van der Waals surface area contributed by atoms with E-state index in [1.807, 2.05) is 30.3 Å². The molecule has 1 aliphatic rings. The largest absolute Gasteiger partial charge is 0.388 e. The van der Waals surface area contributed by atoms with Crippen LogP contribution < -0.4 is 5.19 Å². The lowest BCUT2D eigenvalue weighted by Crippen LogP contribution is -2.45. The molecule has 1 aromatic carbocycles. The van der Waals surface area contributed by atoms with Gasteiger partial charge in [-0.05, 0) is 25.3 Å². The van der Waals surface area contributed by atoms with Gasteiger partial charge in [-0.15, -0.1) is 0 Å². The molecule has 0 saturated carbocycles. The van der Waals surface area contributed by atoms with Gasteiger partial charge in [0, 0.05) is 13.0 Å². The molecule has 0 amide bonds. The Bertz CT molecular complexity index is 374. The maximum atomic E-state index is 12.5. The van der Waals surface area contributed by atoms with Crippen molar-refractivity contribution in [2.75, 3.05) is 6.61 Å². The molecule has 0 radical (unpaired) electrons. The van der Waals surface area contributed by atoms with Crippen molar-refractivity contribution in [3.63, 3.8) is 0 Å². The Morgan fingerprint density at radius 1 is 1.16 bits per heavy atom. The van der Waals surface area contributed by atoms with Crippen molar-refractivity contribution in [1.82, 2.24) is 0 Å². The first-order chi connectivity index (χ1) is 9.06. The Morgan fingerprint density at radius 2 is 1.89 bits per heavy atom. The summed E-state index contributed by atoms with van der Waals surface area (Å²) in [5.41, 5.74) is 0.0681. The lowest BCUT2D eigenvalue weighted by atomic mass is 10.2. The first-order valence-electron chi connectivity index (χ1n) is 6.79. The number of alkyl halides is 3. The summed E-state index contributed by atoms with van der Waals surface area (Å²) in [6.45, 7) is 0.701. The van der Waals surface area contributed by atoms with E-state index in [4.69, 9.17) is 4.74 Å². The molecule has 106 valence electrons. The van der Waals surface area contributed by atoms with Gasteiger partial charge >= 0.3 is 6.18 Å². The van der Waals surface area contributed by atoms with Crippen molar-refractivity contribution in [2.45, 2.75) is 43.6 Å². The molecule has 2 atom stereocenters. The number of ether oxygens (including phenoxy) is 1. The van der Waals surface area contributed by atoms with Gasteiger partial charge in [0.25, 0.3) is 0 Å². The normalized spacial score (nSPS) is 22.2. The van der Waals surface area contributed by atoms with Crippen LogP contribution in [0, 0.1) is 0 Å². The van der Waals surface area contributed by atoms with Gasteiger partial charge in [0.05, 0.1) is 5.73 Å². The predicted octanol–water partition coefficient (Wildman–Crippen LogP) is 3.18. The molecule has 1 aromatic rings. The van der Waals surface area contributed by atoms with Crippen LogP contribution in [0.1, 0.15) is 25.7 Å². The maximum Gasteiger partial charge on any atom is 0.388 e. The summed E-state index contributed by atoms with van der Waals surface area (Å²) in [7, 11) is -1.72. The van der Waals surface area contributed by atoms with Crippen LogP contribution in [0.25, 0.3) is 0 Å². The third kappa shape index (κ3) is 4.65. The van der Waals surface area contributed by atoms with Gasteiger partial charge < -0.3 is 4.74 Å². The molecule has 19 heavy (non-hydrogen) atoms. The minimum Gasteiger partial charge on any atom is -0.382 e. The van der Waals surface area contributed by atoms with Crippen LogP contribution >= 0.6 is 0 Å². The van der Waals surface area contributed by atoms with E-state index in [2.05, 4.69) is 0 Å². The summed E-state index contributed by atoms with van der Waals surface area (Å²) in [5.74, 6) is 0. The Hall–Kier alpha value is -0.813. The zero-order valence-electron chi connectivity index (χ0n) is 10.8. The molecule has 2 rings (SSSR count). The van der Waals surface area contributed by atoms with E-state index in [0.29, 0.717) is 6.61 Å². The molecule has 1 heterocycles. The summed E-state index contributed by atoms with van der Waals surface area (Å²) in [6, 6.07) is 9.90. The highest BCUT2D eigenvalue weighted by Crippen LogP contribution is 2.25. The average Bonchev–Trinajstić information content (AvgIpc) is 2.40. The second-order valence-electron chi connectivity index (χ2n) is 5.08.